The van der Waals surface area contributed by atoms with Crippen LogP contribution in [0.25, 0.3) is 0 Å². The molecule has 0 aliphatic carbocycles. The maximum absolute atomic E-state index is 5.57. The van der Waals surface area contributed by atoms with Gasteiger partial charge in [0.15, 0.2) is 5.76 Å². The van der Waals surface area contributed by atoms with Crippen molar-refractivity contribution in [3.05, 3.63) is 29.9 Å². The molecule has 8 nitrogen and oxygen atoms in total. The fourth-order valence-electron chi connectivity index (χ4n) is 3.20. The van der Waals surface area contributed by atoms with E-state index in [1.54, 1.807) is 13.4 Å². The number of rotatable bonds is 7. The Bertz CT molecular complexity index is 689. The number of likely N-dealkylation sites (N-methyl/N-ethyl adjacent to an activating group) is 1. The monoisotopic (exact) mass is 346 g/mol. The van der Waals surface area contributed by atoms with Gasteiger partial charge in [-0.3, -0.25) is 0 Å². The summed E-state index contributed by atoms with van der Waals surface area (Å²) >= 11 is 0. The Morgan fingerprint density at radius 1 is 1.36 bits per heavy atom. The molecule has 1 fully saturated rings. The Morgan fingerprint density at radius 3 is 2.88 bits per heavy atom. The van der Waals surface area contributed by atoms with Crippen LogP contribution in [0.15, 0.2) is 23.0 Å². The smallest absolute Gasteiger partial charge is 0.156 e. The minimum atomic E-state index is 0.230. The van der Waals surface area contributed by atoms with Crippen LogP contribution in [0, 0.1) is 6.92 Å². The molecule has 0 amide bonds. The number of methoxy groups -OCH3 is 1. The quantitative estimate of drug-likeness (QED) is 0.809. The maximum atomic E-state index is 5.57. The second kappa shape index (κ2) is 7.79. The molecule has 0 spiro atoms. The molecule has 2 aromatic rings. The lowest BCUT2D eigenvalue weighted by Crippen LogP contribution is -2.38. The molecule has 2 atom stereocenters. The highest BCUT2D eigenvalue weighted by molar-refractivity contribution is 5.50. The third-order valence-corrected chi connectivity index (χ3v) is 4.35. The van der Waals surface area contributed by atoms with E-state index in [9.17, 15) is 0 Å². The summed E-state index contributed by atoms with van der Waals surface area (Å²) in [7, 11) is 5.95. The Kier molecular flexibility index (Phi) is 5.50. The van der Waals surface area contributed by atoms with E-state index in [4.69, 9.17) is 9.26 Å². The second-order valence-electron chi connectivity index (χ2n) is 6.71. The normalized spacial score (nSPS) is 20.4. The molecule has 0 aromatic carbocycles. The lowest BCUT2D eigenvalue weighted by Gasteiger charge is -2.27. The fourth-order valence-corrected chi connectivity index (χ4v) is 3.20. The summed E-state index contributed by atoms with van der Waals surface area (Å²) in [5, 5.41) is 7.16. The Morgan fingerprint density at radius 2 is 2.20 bits per heavy atom. The minimum Gasteiger partial charge on any atom is -0.380 e. The molecule has 1 aliphatic heterocycles. The molecule has 0 radical (unpaired) electrons. The topological polar surface area (TPSA) is 79.5 Å². The highest BCUT2D eigenvalue weighted by Gasteiger charge is 2.33. The number of nitrogens with one attached hydrogen (secondary N) is 1. The van der Waals surface area contributed by atoms with Gasteiger partial charge >= 0.3 is 0 Å². The van der Waals surface area contributed by atoms with Crippen molar-refractivity contribution >= 4 is 11.6 Å². The number of aryl methyl sites for hydroxylation is 1. The van der Waals surface area contributed by atoms with Gasteiger partial charge in [0.2, 0.25) is 0 Å². The lowest BCUT2D eigenvalue weighted by molar-refractivity contribution is 0.117. The number of hydrogen-bond donors (Lipinski definition) is 1. The van der Waals surface area contributed by atoms with E-state index in [2.05, 4.69) is 44.3 Å². The molecular formula is C17H26N6O2. The van der Waals surface area contributed by atoms with Crippen LogP contribution in [0.3, 0.4) is 0 Å². The molecule has 3 heterocycles. The van der Waals surface area contributed by atoms with E-state index in [0.717, 1.165) is 42.6 Å². The first-order chi connectivity index (χ1) is 12.0. The van der Waals surface area contributed by atoms with Gasteiger partial charge < -0.3 is 24.4 Å². The molecular weight excluding hydrogens is 320 g/mol. The van der Waals surface area contributed by atoms with E-state index < -0.39 is 0 Å². The van der Waals surface area contributed by atoms with Crippen molar-refractivity contribution in [2.75, 3.05) is 44.5 Å². The van der Waals surface area contributed by atoms with Gasteiger partial charge in [0, 0.05) is 38.4 Å². The first-order valence-electron chi connectivity index (χ1n) is 8.47. The van der Waals surface area contributed by atoms with Crippen LogP contribution in [0.5, 0.6) is 0 Å². The number of aromatic nitrogens is 3. The Balaban J connectivity index is 1.70. The predicted molar refractivity (Wildman–Crippen MR) is 95.7 cm³/mol. The zero-order valence-corrected chi connectivity index (χ0v) is 15.3. The number of ether oxygens (including phenoxy) is 1. The van der Waals surface area contributed by atoms with E-state index in [-0.39, 0.29) is 6.10 Å². The third-order valence-electron chi connectivity index (χ3n) is 4.35. The van der Waals surface area contributed by atoms with Crippen LogP contribution in [-0.2, 0) is 11.3 Å². The molecule has 0 unspecified atom stereocenters. The van der Waals surface area contributed by atoms with Crippen molar-refractivity contribution < 1.29 is 9.26 Å². The Hall–Kier alpha value is -2.19. The summed E-state index contributed by atoms with van der Waals surface area (Å²) in [6, 6.07) is 4.26. The summed E-state index contributed by atoms with van der Waals surface area (Å²) in [5.41, 5.74) is 0.870. The van der Waals surface area contributed by atoms with Crippen LogP contribution >= 0.6 is 0 Å². The van der Waals surface area contributed by atoms with Gasteiger partial charge in [-0.05, 0) is 27.4 Å². The number of hydrogen-bond acceptors (Lipinski definition) is 8. The average molecular weight is 346 g/mol. The van der Waals surface area contributed by atoms with Gasteiger partial charge in [-0.15, -0.1) is 0 Å². The SMILES string of the molecule is CO[C@H]1C[C@@H](CN(C)C)N(c2cc(NCc3cc(C)no3)ncn2)C1. The predicted octanol–water partition coefficient (Wildman–Crippen LogP) is 1.54. The summed E-state index contributed by atoms with van der Waals surface area (Å²) < 4.78 is 10.8. The maximum Gasteiger partial charge on any atom is 0.156 e. The van der Waals surface area contributed by atoms with E-state index in [1.807, 2.05) is 19.1 Å². The van der Waals surface area contributed by atoms with Crippen LogP contribution in [-0.4, -0.2) is 66.5 Å². The van der Waals surface area contributed by atoms with E-state index >= 15 is 0 Å². The fraction of sp³-hybridized carbons (Fsp3) is 0.588. The molecule has 1 N–H and O–H groups in total. The minimum absolute atomic E-state index is 0.230. The van der Waals surface area contributed by atoms with Crippen LogP contribution in [0.4, 0.5) is 11.6 Å². The number of anilines is 2. The van der Waals surface area contributed by atoms with Crippen LogP contribution in [0.1, 0.15) is 17.9 Å². The highest BCUT2D eigenvalue weighted by Crippen LogP contribution is 2.27. The van der Waals surface area contributed by atoms with E-state index in [0.29, 0.717) is 12.6 Å². The zero-order valence-electron chi connectivity index (χ0n) is 15.3. The van der Waals surface area contributed by atoms with Crippen molar-refractivity contribution in [3.8, 4) is 0 Å². The van der Waals surface area contributed by atoms with Crippen molar-refractivity contribution in [1.82, 2.24) is 20.0 Å². The molecule has 8 heteroatoms. The largest absolute Gasteiger partial charge is 0.380 e. The third kappa shape index (κ3) is 4.46. The summed E-state index contributed by atoms with van der Waals surface area (Å²) in [6.07, 6.45) is 2.82. The molecule has 136 valence electrons. The van der Waals surface area contributed by atoms with Gasteiger partial charge in [0.1, 0.15) is 18.0 Å². The van der Waals surface area contributed by atoms with Gasteiger partial charge in [-0.25, -0.2) is 9.97 Å². The molecule has 3 rings (SSSR count). The molecule has 25 heavy (non-hydrogen) atoms. The van der Waals surface area contributed by atoms with Crippen molar-refractivity contribution in [1.29, 1.82) is 0 Å². The van der Waals surface area contributed by atoms with Gasteiger partial charge in [-0.2, -0.15) is 0 Å². The first kappa shape index (κ1) is 17.6. The van der Waals surface area contributed by atoms with Crippen molar-refractivity contribution in [3.63, 3.8) is 0 Å². The van der Waals surface area contributed by atoms with Gasteiger partial charge in [0.25, 0.3) is 0 Å². The number of nitrogens with zero attached hydrogens (tertiary/aromatic N) is 5. The lowest BCUT2D eigenvalue weighted by atomic mass is 10.2. The Labute approximate surface area is 148 Å². The zero-order chi connectivity index (χ0) is 17.8. The van der Waals surface area contributed by atoms with Crippen molar-refractivity contribution in [2.45, 2.75) is 32.0 Å². The molecule has 1 aliphatic rings. The first-order valence-corrected chi connectivity index (χ1v) is 8.47. The molecule has 0 saturated carbocycles. The highest BCUT2D eigenvalue weighted by atomic mass is 16.5. The van der Waals surface area contributed by atoms with Crippen LogP contribution in [0.2, 0.25) is 0 Å². The standard InChI is InChI=1S/C17H26N6O2/c1-12-5-14(25-21-12)8-18-16-7-17(20-11-19-16)23-10-15(24-4)6-13(23)9-22(2)3/h5,7,11,13,15H,6,8-10H2,1-4H3,(H,18,19,20)/t13-,15-/m0/s1. The van der Waals surface area contributed by atoms with Crippen molar-refractivity contribution in [2.24, 2.45) is 0 Å². The molecule has 0 bridgehead atoms. The molecule has 2 aromatic heterocycles. The van der Waals surface area contributed by atoms with Gasteiger partial charge in [-0.1, -0.05) is 5.16 Å². The van der Waals surface area contributed by atoms with Gasteiger partial charge in [0.05, 0.1) is 18.3 Å². The summed E-state index contributed by atoms with van der Waals surface area (Å²) in [5.74, 6) is 2.46. The summed E-state index contributed by atoms with van der Waals surface area (Å²) in [4.78, 5) is 13.3. The van der Waals surface area contributed by atoms with E-state index in [1.165, 1.54) is 0 Å². The second-order valence-corrected chi connectivity index (χ2v) is 6.71. The molecule has 1 saturated heterocycles. The average Bonchev–Trinajstić information content (AvgIpc) is 3.19. The summed E-state index contributed by atoms with van der Waals surface area (Å²) in [6.45, 7) is 4.25. The van der Waals surface area contributed by atoms with Crippen LogP contribution < -0.4 is 10.2 Å².